The van der Waals surface area contributed by atoms with Gasteiger partial charge in [-0.15, -0.1) is 0 Å². The third kappa shape index (κ3) is 3.74. The molecule has 0 N–H and O–H groups in total. The van der Waals surface area contributed by atoms with Crippen molar-refractivity contribution < 1.29 is 14.6 Å². The highest BCUT2D eigenvalue weighted by Crippen LogP contribution is 2.12. The smallest absolute Gasteiger partial charge is 0.119 e. The number of rotatable bonds is 5. The lowest BCUT2D eigenvalue weighted by molar-refractivity contribution is -0.255. The zero-order chi connectivity index (χ0) is 12.8. The molecule has 0 amide bonds. The molecule has 1 aliphatic heterocycles. The number of ether oxygens (including phenoxy) is 1. The van der Waals surface area contributed by atoms with Gasteiger partial charge in [-0.3, -0.25) is 4.90 Å². The van der Waals surface area contributed by atoms with Gasteiger partial charge in [-0.2, -0.15) is 0 Å². The van der Waals surface area contributed by atoms with Crippen molar-refractivity contribution in [1.29, 1.82) is 0 Å². The first-order valence-electron chi connectivity index (χ1n) is 6.42. The lowest BCUT2D eigenvalue weighted by Gasteiger charge is -2.26. The normalized spacial score (nSPS) is 16.4. The summed E-state index contributed by atoms with van der Waals surface area (Å²) in [6, 6.07) is 6.35. The number of carboxylic acid groups (broad SMARTS) is 1. The van der Waals surface area contributed by atoms with Gasteiger partial charge < -0.3 is 14.6 Å². The molecule has 0 atom stereocenters. The topological polar surface area (TPSA) is 52.6 Å². The average Bonchev–Trinajstić information content (AvgIpc) is 2.40. The largest absolute Gasteiger partial charge is 0.545 e. The monoisotopic (exact) mass is 248 g/mol. The van der Waals surface area contributed by atoms with Crippen LogP contribution in [0, 0.1) is 0 Å². The summed E-state index contributed by atoms with van der Waals surface area (Å²) < 4.78 is 5.59. The van der Waals surface area contributed by atoms with E-state index in [1.165, 1.54) is 31.4 Å². The Morgan fingerprint density at radius 2 is 1.83 bits per heavy atom. The quantitative estimate of drug-likeness (QED) is 0.777. The number of piperidine rings is 1. The van der Waals surface area contributed by atoms with Crippen molar-refractivity contribution in [3.63, 3.8) is 0 Å². The van der Waals surface area contributed by atoms with Crippen molar-refractivity contribution in [2.45, 2.75) is 19.3 Å². The van der Waals surface area contributed by atoms with Crippen LogP contribution in [0.5, 0.6) is 5.75 Å². The molecule has 0 aromatic heterocycles. The molecule has 98 valence electrons. The number of benzene rings is 1. The first-order valence-corrected chi connectivity index (χ1v) is 6.42. The van der Waals surface area contributed by atoms with E-state index in [0.29, 0.717) is 12.4 Å². The summed E-state index contributed by atoms with van der Waals surface area (Å²) in [5.41, 5.74) is 0.179. The van der Waals surface area contributed by atoms with Gasteiger partial charge in [-0.05, 0) is 55.8 Å². The van der Waals surface area contributed by atoms with E-state index in [9.17, 15) is 9.90 Å². The van der Waals surface area contributed by atoms with Crippen molar-refractivity contribution in [1.82, 2.24) is 4.90 Å². The Kier molecular flexibility index (Phi) is 4.59. The second kappa shape index (κ2) is 6.40. The third-order valence-electron chi connectivity index (χ3n) is 3.21. The number of carbonyl (C=O) groups is 1. The van der Waals surface area contributed by atoms with Gasteiger partial charge in [0.15, 0.2) is 0 Å². The van der Waals surface area contributed by atoms with Crippen molar-refractivity contribution >= 4 is 5.97 Å². The Hall–Kier alpha value is -1.55. The lowest BCUT2D eigenvalue weighted by atomic mass is 10.1. The second-order valence-electron chi connectivity index (χ2n) is 4.56. The number of carboxylic acids is 1. The minimum absolute atomic E-state index is 0.179. The highest BCUT2D eigenvalue weighted by molar-refractivity contribution is 5.85. The van der Waals surface area contributed by atoms with Crippen molar-refractivity contribution in [2.24, 2.45) is 0 Å². The summed E-state index contributed by atoms with van der Waals surface area (Å²) in [5.74, 6) is -0.452. The predicted molar refractivity (Wildman–Crippen MR) is 66.6 cm³/mol. The van der Waals surface area contributed by atoms with Gasteiger partial charge in [0.25, 0.3) is 0 Å². The number of hydrogen-bond donors (Lipinski definition) is 0. The summed E-state index contributed by atoms with van der Waals surface area (Å²) in [6.07, 6.45) is 3.89. The first kappa shape index (κ1) is 12.9. The van der Waals surface area contributed by atoms with Crippen LogP contribution in [0.15, 0.2) is 24.3 Å². The highest BCUT2D eigenvalue weighted by Gasteiger charge is 2.09. The molecule has 1 aromatic carbocycles. The fourth-order valence-electron chi connectivity index (χ4n) is 2.16. The molecule has 0 bridgehead atoms. The number of carbonyl (C=O) groups excluding carboxylic acids is 1. The van der Waals surface area contributed by atoms with Gasteiger partial charge in [-0.25, -0.2) is 0 Å². The summed E-state index contributed by atoms with van der Waals surface area (Å²) in [5, 5.41) is 10.6. The molecule has 0 radical (unpaired) electrons. The van der Waals surface area contributed by atoms with Crippen molar-refractivity contribution in [2.75, 3.05) is 26.2 Å². The average molecular weight is 248 g/mol. The SMILES string of the molecule is O=C([O-])c1ccc(OCCN2CCCCC2)cc1. The Bertz CT molecular complexity index is 383. The van der Waals surface area contributed by atoms with Crippen LogP contribution >= 0.6 is 0 Å². The third-order valence-corrected chi connectivity index (χ3v) is 3.21. The molecule has 18 heavy (non-hydrogen) atoms. The van der Waals surface area contributed by atoms with Crippen molar-refractivity contribution in [3.8, 4) is 5.75 Å². The zero-order valence-corrected chi connectivity index (χ0v) is 10.4. The van der Waals surface area contributed by atoms with Crippen LogP contribution in [0.1, 0.15) is 29.6 Å². The van der Waals surface area contributed by atoms with Crippen LogP contribution in [0.4, 0.5) is 0 Å². The summed E-state index contributed by atoms with van der Waals surface area (Å²) in [7, 11) is 0. The maximum Gasteiger partial charge on any atom is 0.119 e. The molecule has 4 nitrogen and oxygen atoms in total. The molecule has 1 aliphatic rings. The fourth-order valence-corrected chi connectivity index (χ4v) is 2.16. The first-order chi connectivity index (χ1) is 8.75. The van der Waals surface area contributed by atoms with Gasteiger partial charge in [0.05, 0.1) is 5.97 Å². The Morgan fingerprint density at radius 1 is 1.17 bits per heavy atom. The van der Waals surface area contributed by atoms with E-state index in [1.54, 1.807) is 12.1 Å². The van der Waals surface area contributed by atoms with Gasteiger partial charge in [-0.1, -0.05) is 6.42 Å². The molecule has 1 heterocycles. The maximum absolute atomic E-state index is 10.6. The molecule has 4 heteroatoms. The standard InChI is InChI=1S/C14H19NO3/c16-14(17)12-4-6-13(7-5-12)18-11-10-15-8-2-1-3-9-15/h4-7H,1-3,8-11H2,(H,16,17)/p-1. The molecule has 1 saturated heterocycles. The van der Waals surface area contributed by atoms with E-state index < -0.39 is 5.97 Å². The Morgan fingerprint density at radius 3 is 2.44 bits per heavy atom. The van der Waals surface area contributed by atoms with Crippen LogP contribution in [-0.2, 0) is 0 Å². The number of nitrogens with zero attached hydrogens (tertiary/aromatic N) is 1. The van der Waals surface area contributed by atoms with E-state index in [2.05, 4.69) is 4.90 Å². The van der Waals surface area contributed by atoms with Gasteiger partial charge in [0, 0.05) is 6.54 Å². The van der Waals surface area contributed by atoms with Crippen LogP contribution in [0.3, 0.4) is 0 Å². The lowest BCUT2D eigenvalue weighted by Crippen LogP contribution is -2.33. The van der Waals surface area contributed by atoms with Crippen molar-refractivity contribution in [3.05, 3.63) is 29.8 Å². The molecular formula is C14H18NO3-. The number of likely N-dealkylation sites (tertiary alicyclic amines) is 1. The molecule has 1 fully saturated rings. The molecule has 1 aromatic rings. The van der Waals surface area contributed by atoms with E-state index in [-0.39, 0.29) is 5.56 Å². The van der Waals surface area contributed by atoms with Gasteiger partial charge >= 0.3 is 0 Å². The summed E-state index contributed by atoms with van der Waals surface area (Å²) >= 11 is 0. The van der Waals surface area contributed by atoms with E-state index >= 15 is 0 Å². The predicted octanol–water partition coefficient (Wildman–Crippen LogP) is 0.915. The zero-order valence-electron chi connectivity index (χ0n) is 10.4. The molecular weight excluding hydrogens is 230 g/mol. The second-order valence-corrected chi connectivity index (χ2v) is 4.56. The highest BCUT2D eigenvalue weighted by atomic mass is 16.5. The summed E-state index contributed by atoms with van der Waals surface area (Å²) in [6.45, 7) is 3.90. The van der Waals surface area contributed by atoms with E-state index in [0.717, 1.165) is 19.6 Å². The minimum Gasteiger partial charge on any atom is -0.545 e. The summed E-state index contributed by atoms with van der Waals surface area (Å²) in [4.78, 5) is 13.0. The van der Waals surface area contributed by atoms with Gasteiger partial charge in [0.1, 0.15) is 12.4 Å². The molecule has 0 aliphatic carbocycles. The molecule has 0 spiro atoms. The maximum atomic E-state index is 10.6. The number of aromatic carboxylic acids is 1. The van der Waals surface area contributed by atoms with Crippen LogP contribution < -0.4 is 9.84 Å². The number of hydrogen-bond acceptors (Lipinski definition) is 4. The minimum atomic E-state index is -1.16. The van der Waals surface area contributed by atoms with Crippen LogP contribution in [-0.4, -0.2) is 37.1 Å². The Labute approximate surface area is 107 Å². The van der Waals surface area contributed by atoms with Crippen LogP contribution in [0.25, 0.3) is 0 Å². The molecule has 0 saturated carbocycles. The van der Waals surface area contributed by atoms with Crippen LogP contribution in [0.2, 0.25) is 0 Å². The van der Waals surface area contributed by atoms with E-state index in [1.807, 2.05) is 0 Å². The molecule has 2 rings (SSSR count). The Balaban J connectivity index is 1.74. The van der Waals surface area contributed by atoms with E-state index in [4.69, 9.17) is 4.74 Å². The molecule has 0 unspecified atom stereocenters. The van der Waals surface area contributed by atoms with Gasteiger partial charge in [0.2, 0.25) is 0 Å². The fraction of sp³-hybridized carbons (Fsp3) is 0.500.